The van der Waals surface area contributed by atoms with E-state index in [1.807, 2.05) is 20.8 Å². The van der Waals surface area contributed by atoms with E-state index >= 15 is 0 Å². The highest BCUT2D eigenvalue weighted by atomic mass is 19.4. The number of aryl methyl sites for hydroxylation is 2. The first kappa shape index (κ1) is 18.3. The third-order valence-corrected chi connectivity index (χ3v) is 2.97. The maximum absolute atomic E-state index is 12.0. The Balaban J connectivity index is 2.39. The fraction of sp³-hybridized carbons (Fsp3) is 0.714. The highest BCUT2D eigenvalue weighted by Crippen LogP contribution is 2.21. The van der Waals surface area contributed by atoms with Gasteiger partial charge < -0.3 is 15.1 Å². The van der Waals surface area contributed by atoms with Crippen LogP contribution in [0.15, 0.2) is 9.41 Å². The van der Waals surface area contributed by atoms with Crippen LogP contribution in [0.2, 0.25) is 0 Å². The summed E-state index contributed by atoms with van der Waals surface area (Å²) < 4.78 is 41.5. The van der Waals surface area contributed by atoms with E-state index in [-0.39, 0.29) is 13.0 Å². The van der Waals surface area contributed by atoms with Crippen LogP contribution in [0.1, 0.15) is 43.5 Å². The standard InChI is InChI=1S/C14H23F3N4O/c1-4-18-13(19-8-6-5-7-14(15,16)17)20-9-12-21-10(2)11(3)22-12/h4-9H2,1-3H3,(H2,18,19,20). The molecule has 0 saturated heterocycles. The number of rotatable bonds is 7. The predicted octanol–water partition coefficient (Wildman–Crippen LogP) is 3.08. The summed E-state index contributed by atoms with van der Waals surface area (Å²) in [5.74, 6) is 1.82. The molecule has 0 aliphatic carbocycles. The van der Waals surface area contributed by atoms with Crippen molar-refractivity contribution in [1.29, 1.82) is 0 Å². The molecule has 0 aromatic carbocycles. The number of aromatic nitrogens is 1. The molecule has 2 N–H and O–H groups in total. The summed E-state index contributed by atoms with van der Waals surface area (Å²) in [7, 11) is 0. The van der Waals surface area contributed by atoms with Crippen LogP contribution in [0.5, 0.6) is 0 Å². The summed E-state index contributed by atoms with van der Waals surface area (Å²) in [4.78, 5) is 8.53. The average molecular weight is 320 g/mol. The van der Waals surface area contributed by atoms with Crippen LogP contribution in [0.3, 0.4) is 0 Å². The molecule has 0 radical (unpaired) electrons. The van der Waals surface area contributed by atoms with Crippen LogP contribution in [-0.4, -0.2) is 30.2 Å². The van der Waals surface area contributed by atoms with Crippen molar-refractivity contribution in [3.8, 4) is 0 Å². The maximum atomic E-state index is 12.0. The van der Waals surface area contributed by atoms with Gasteiger partial charge in [-0.25, -0.2) is 9.98 Å². The number of guanidine groups is 1. The lowest BCUT2D eigenvalue weighted by Crippen LogP contribution is -2.37. The van der Waals surface area contributed by atoms with Crippen molar-refractivity contribution in [3.05, 3.63) is 17.3 Å². The number of unbranched alkanes of at least 4 members (excludes halogenated alkanes) is 1. The molecule has 0 saturated carbocycles. The third-order valence-electron chi connectivity index (χ3n) is 2.97. The van der Waals surface area contributed by atoms with Crippen LogP contribution in [0.4, 0.5) is 13.2 Å². The lowest BCUT2D eigenvalue weighted by Gasteiger charge is -2.11. The zero-order valence-electron chi connectivity index (χ0n) is 13.2. The lowest BCUT2D eigenvalue weighted by molar-refractivity contribution is -0.135. The number of nitrogens with one attached hydrogen (secondary N) is 2. The molecule has 1 heterocycles. The minimum Gasteiger partial charge on any atom is -0.444 e. The molecule has 1 rings (SSSR count). The van der Waals surface area contributed by atoms with Crippen LogP contribution in [0.25, 0.3) is 0 Å². The first-order chi connectivity index (χ1) is 10.3. The molecule has 0 bridgehead atoms. The second kappa shape index (κ2) is 8.65. The van der Waals surface area contributed by atoms with Crippen molar-refractivity contribution in [1.82, 2.24) is 15.6 Å². The van der Waals surface area contributed by atoms with E-state index in [0.717, 1.165) is 11.5 Å². The molecule has 22 heavy (non-hydrogen) atoms. The number of halogens is 3. The van der Waals surface area contributed by atoms with Gasteiger partial charge in [0.15, 0.2) is 5.96 Å². The molecule has 0 aliphatic rings. The average Bonchev–Trinajstić information content (AvgIpc) is 2.73. The van der Waals surface area contributed by atoms with Crippen LogP contribution in [-0.2, 0) is 6.54 Å². The zero-order chi connectivity index (χ0) is 16.6. The minimum atomic E-state index is -4.08. The molecule has 0 unspecified atom stereocenters. The number of hydrogen-bond acceptors (Lipinski definition) is 3. The van der Waals surface area contributed by atoms with Crippen molar-refractivity contribution < 1.29 is 17.6 Å². The Morgan fingerprint density at radius 3 is 2.50 bits per heavy atom. The largest absolute Gasteiger partial charge is 0.444 e. The Kier molecular flexibility index (Phi) is 7.20. The predicted molar refractivity (Wildman–Crippen MR) is 78.7 cm³/mol. The molecule has 0 spiro atoms. The second-order valence-electron chi connectivity index (χ2n) is 4.94. The van der Waals surface area contributed by atoms with E-state index in [1.165, 1.54) is 0 Å². The molecular weight excluding hydrogens is 297 g/mol. The molecule has 0 atom stereocenters. The van der Waals surface area contributed by atoms with Crippen molar-refractivity contribution >= 4 is 5.96 Å². The van der Waals surface area contributed by atoms with Gasteiger partial charge in [0.25, 0.3) is 0 Å². The van der Waals surface area contributed by atoms with Gasteiger partial charge in [0, 0.05) is 19.5 Å². The number of oxazole rings is 1. The van der Waals surface area contributed by atoms with E-state index in [2.05, 4.69) is 20.6 Å². The lowest BCUT2D eigenvalue weighted by atomic mass is 10.2. The van der Waals surface area contributed by atoms with E-state index in [4.69, 9.17) is 4.42 Å². The quantitative estimate of drug-likeness (QED) is 0.460. The van der Waals surface area contributed by atoms with Gasteiger partial charge in [-0.2, -0.15) is 13.2 Å². The fourth-order valence-electron chi connectivity index (χ4n) is 1.75. The highest BCUT2D eigenvalue weighted by molar-refractivity contribution is 5.79. The van der Waals surface area contributed by atoms with Gasteiger partial charge in [-0.1, -0.05) is 0 Å². The Morgan fingerprint density at radius 1 is 1.23 bits per heavy atom. The van der Waals surface area contributed by atoms with Gasteiger partial charge in [0.2, 0.25) is 5.89 Å². The van der Waals surface area contributed by atoms with Crippen molar-refractivity contribution in [2.24, 2.45) is 4.99 Å². The van der Waals surface area contributed by atoms with Crippen molar-refractivity contribution in [3.63, 3.8) is 0 Å². The molecule has 5 nitrogen and oxygen atoms in total. The Labute approximate surface area is 128 Å². The van der Waals surface area contributed by atoms with Gasteiger partial charge in [0.1, 0.15) is 12.3 Å². The number of hydrogen-bond donors (Lipinski definition) is 2. The Morgan fingerprint density at radius 2 is 1.95 bits per heavy atom. The minimum absolute atomic E-state index is 0.105. The Hall–Kier alpha value is -1.73. The van der Waals surface area contributed by atoms with Crippen LogP contribution in [0, 0.1) is 13.8 Å². The number of nitrogens with zero attached hydrogens (tertiary/aromatic N) is 2. The first-order valence-electron chi connectivity index (χ1n) is 7.33. The summed E-state index contributed by atoms with van der Waals surface area (Å²) in [5, 5.41) is 6.03. The van der Waals surface area contributed by atoms with Gasteiger partial charge in [-0.15, -0.1) is 0 Å². The summed E-state index contributed by atoms with van der Waals surface area (Å²) in [6.07, 6.45) is -4.30. The highest BCUT2D eigenvalue weighted by Gasteiger charge is 2.25. The van der Waals surface area contributed by atoms with Crippen molar-refractivity contribution in [2.45, 2.75) is 52.8 Å². The smallest absolute Gasteiger partial charge is 0.389 e. The third kappa shape index (κ3) is 7.33. The summed E-state index contributed by atoms with van der Waals surface area (Å²) in [5.41, 5.74) is 0.829. The molecule has 0 fully saturated rings. The Bertz CT molecular complexity index is 463. The SMILES string of the molecule is CCNC(=NCc1nc(C)c(C)o1)NCCCCC(F)(F)F. The van der Waals surface area contributed by atoms with E-state index in [9.17, 15) is 13.2 Å². The van der Waals surface area contributed by atoms with Gasteiger partial charge in [-0.05, 0) is 33.6 Å². The molecule has 0 aliphatic heterocycles. The molecule has 0 amide bonds. The molecule has 126 valence electrons. The molecular formula is C14H23F3N4O. The topological polar surface area (TPSA) is 62.5 Å². The first-order valence-corrected chi connectivity index (χ1v) is 7.33. The monoisotopic (exact) mass is 320 g/mol. The molecule has 8 heteroatoms. The van der Waals surface area contributed by atoms with Crippen LogP contribution < -0.4 is 10.6 Å². The van der Waals surface area contributed by atoms with E-state index in [0.29, 0.717) is 31.4 Å². The van der Waals surface area contributed by atoms with Gasteiger partial charge in [-0.3, -0.25) is 0 Å². The van der Waals surface area contributed by atoms with Crippen molar-refractivity contribution in [2.75, 3.05) is 13.1 Å². The van der Waals surface area contributed by atoms with Gasteiger partial charge in [0.05, 0.1) is 5.69 Å². The summed E-state index contributed by atoms with van der Waals surface area (Å²) in [6, 6.07) is 0. The second-order valence-corrected chi connectivity index (χ2v) is 4.94. The summed E-state index contributed by atoms with van der Waals surface area (Å²) >= 11 is 0. The fourth-order valence-corrected chi connectivity index (χ4v) is 1.75. The summed E-state index contributed by atoms with van der Waals surface area (Å²) in [6.45, 7) is 6.99. The van der Waals surface area contributed by atoms with E-state index in [1.54, 1.807) is 0 Å². The van der Waals surface area contributed by atoms with Gasteiger partial charge >= 0.3 is 6.18 Å². The number of alkyl halides is 3. The van der Waals surface area contributed by atoms with Crippen LogP contribution >= 0.6 is 0 Å². The zero-order valence-corrected chi connectivity index (χ0v) is 13.2. The molecule has 1 aromatic rings. The molecule has 1 aromatic heterocycles. The van der Waals surface area contributed by atoms with E-state index < -0.39 is 12.6 Å². The maximum Gasteiger partial charge on any atom is 0.389 e. The number of aliphatic imine (C=N–C) groups is 1. The normalized spacial score (nSPS) is 12.5.